The summed E-state index contributed by atoms with van der Waals surface area (Å²) in [5.41, 5.74) is 3.10. The lowest BCUT2D eigenvalue weighted by Gasteiger charge is -2.02. The van der Waals surface area contributed by atoms with Gasteiger partial charge in [0.05, 0.1) is 0 Å². The summed E-state index contributed by atoms with van der Waals surface area (Å²) in [5, 5.41) is 20.9. The molecule has 2 heterocycles. The minimum atomic E-state index is -0.119. The predicted molar refractivity (Wildman–Crippen MR) is 75.5 cm³/mol. The number of aromatic nitrogens is 4. The maximum absolute atomic E-state index is 11.5. The Labute approximate surface area is 122 Å². The smallest absolute Gasteiger partial charge is 0.226 e. The fourth-order valence-electron chi connectivity index (χ4n) is 1.39. The fraction of sp³-hybridized carbons (Fsp3) is 0.400. The number of nitrogens with one attached hydrogen (secondary N) is 2. The minimum Gasteiger partial charge on any atom is -0.301 e. The molecule has 0 radical (unpaired) electrons. The largest absolute Gasteiger partial charge is 0.301 e. The Hall–Kier alpha value is -1.94. The maximum Gasteiger partial charge on any atom is 0.226 e. The van der Waals surface area contributed by atoms with Gasteiger partial charge >= 0.3 is 0 Å². The molecule has 106 valence electrons. The van der Waals surface area contributed by atoms with Gasteiger partial charge in [-0.05, 0) is 12.8 Å². The summed E-state index contributed by atoms with van der Waals surface area (Å²) in [5.74, 6) is -0.238. The van der Waals surface area contributed by atoms with Crippen LogP contribution in [-0.2, 0) is 9.59 Å². The first-order valence-electron chi connectivity index (χ1n) is 5.86. The monoisotopic (exact) mass is 312 g/mol. The van der Waals surface area contributed by atoms with Crippen LogP contribution in [0.5, 0.6) is 0 Å². The average Bonchev–Trinajstić information content (AvgIpc) is 3.08. The number of nitrogens with zero attached hydrogens (tertiary/aromatic N) is 4. The van der Waals surface area contributed by atoms with E-state index in [4.69, 9.17) is 0 Å². The molecule has 0 aliphatic rings. The summed E-state index contributed by atoms with van der Waals surface area (Å²) < 4.78 is 0. The molecule has 0 saturated carbocycles. The average molecular weight is 312 g/mol. The van der Waals surface area contributed by atoms with Gasteiger partial charge in [-0.1, -0.05) is 22.7 Å². The summed E-state index contributed by atoms with van der Waals surface area (Å²) in [4.78, 5) is 23.0. The van der Waals surface area contributed by atoms with Crippen molar-refractivity contribution in [1.82, 2.24) is 20.4 Å². The van der Waals surface area contributed by atoms with Gasteiger partial charge in [0.1, 0.15) is 11.0 Å². The Balaban J connectivity index is 1.57. The zero-order chi connectivity index (χ0) is 14.2. The van der Waals surface area contributed by atoms with Crippen LogP contribution >= 0.6 is 22.7 Å². The van der Waals surface area contributed by atoms with Gasteiger partial charge in [0.15, 0.2) is 0 Å². The second kappa shape index (κ2) is 7.60. The molecule has 0 spiro atoms. The van der Waals surface area contributed by atoms with E-state index in [9.17, 15) is 9.59 Å². The number of rotatable bonds is 7. The zero-order valence-corrected chi connectivity index (χ0v) is 12.0. The molecule has 0 unspecified atom stereocenters. The van der Waals surface area contributed by atoms with E-state index in [2.05, 4.69) is 31.0 Å². The van der Waals surface area contributed by atoms with Crippen LogP contribution in [0.25, 0.3) is 0 Å². The highest BCUT2D eigenvalue weighted by molar-refractivity contribution is 7.13. The van der Waals surface area contributed by atoms with Crippen LogP contribution in [0.2, 0.25) is 0 Å². The summed E-state index contributed by atoms with van der Waals surface area (Å²) in [6.07, 6.45) is 1.97. The summed E-state index contributed by atoms with van der Waals surface area (Å²) in [7, 11) is 0. The molecule has 2 aromatic rings. The molecular formula is C10H12N6O2S2. The molecule has 8 nitrogen and oxygen atoms in total. The fourth-order valence-corrected chi connectivity index (χ4v) is 2.31. The third kappa shape index (κ3) is 4.97. The Morgan fingerprint density at radius 3 is 1.70 bits per heavy atom. The van der Waals surface area contributed by atoms with Crippen molar-refractivity contribution in [2.75, 3.05) is 10.6 Å². The predicted octanol–water partition coefficient (Wildman–Crippen LogP) is 1.53. The molecule has 2 aromatic heterocycles. The van der Waals surface area contributed by atoms with Gasteiger partial charge in [0.2, 0.25) is 22.1 Å². The molecule has 2 rings (SSSR count). The van der Waals surface area contributed by atoms with E-state index in [1.54, 1.807) is 11.0 Å². The van der Waals surface area contributed by atoms with Crippen molar-refractivity contribution in [2.24, 2.45) is 0 Å². The number of anilines is 2. The summed E-state index contributed by atoms with van der Waals surface area (Å²) in [6.45, 7) is 0. The molecule has 10 heteroatoms. The molecule has 0 atom stereocenters. The number of unbranched alkanes of at least 4 members (excludes halogenated alkanes) is 1. The minimum absolute atomic E-state index is 0.119. The van der Waals surface area contributed by atoms with Crippen LogP contribution in [0, 0.1) is 0 Å². The number of amides is 2. The van der Waals surface area contributed by atoms with E-state index < -0.39 is 0 Å². The van der Waals surface area contributed by atoms with Crippen molar-refractivity contribution in [3.63, 3.8) is 0 Å². The van der Waals surface area contributed by atoms with Gasteiger partial charge < -0.3 is 10.6 Å². The van der Waals surface area contributed by atoms with E-state index >= 15 is 0 Å². The van der Waals surface area contributed by atoms with E-state index in [0.29, 0.717) is 35.9 Å². The zero-order valence-electron chi connectivity index (χ0n) is 10.4. The molecule has 0 aromatic carbocycles. The molecular weight excluding hydrogens is 300 g/mol. The van der Waals surface area contributed by atoms with Crippen molar-refractivity contribution in [1.29, 1.82) is 0 Å². The van der Waals surface area contributed by atoms with Gasteiger partial charge in [-0.3, -0.25) is 9.59 Å². The van der Waals surface area contributed by atoms with Crippen LogP contribution in [0.15, 0.2) is 11.0 Å². The van der Waals surface area contributed by atoms with Crippen molar-refractivity contribution in [3.8, 4) is 0 Å². The topological polar surface area (TPSA) is 110 Å². The van der Waals surface area contributed by atoms with Crippen molar-refractivity contribution in [2.45, 2.75) is 25.7 Å². The molecule has 0 aliphatic heterocycles. The van der Waals surface area contributed by atoms with E-state index in [1.807, 2.05) is 0 Å². The van der Waals surface area contributed by atoms with Gasteiger partial charge in [-0.25, -0.2) is 0 Å². The molecule has 20 heavy (non-hydrogen) atoms. The second-order valence-electron chi connectivity index (χ2n) is 3.79. The number of carbonyl (C=O) groups excluding carboxylic acids is 2. The van der Waals surface area contributed by atoms with Crippen LogP contribution in [0.1, 0.15) is 25.7 Å². The van der Waals surface area contributed by atoms with Crippen molar-refractivity contribution in [3.05, 3.63) is 11.0 Å². The van der Waals surface area contributed by atoms with Crippen LogP contribution < -0.4 is 10.6 Å². The van der Waals surface area contributed by atoms with Gasteiger partial charge in [-0.15, -0.1) is 20.4 Å². The van der Waals surface area contributed by atoms with Gasteiger partial charge in [-0.2, -0.15) is 0 Å². The third-order valence-corrected chi connectivity index (χ3v) is 3.48. The summed E-state index contributed by atoms with van der Waals surface area (Å²) >= 11 is 2.53. The standard InChI is InChI=1S/C10H12N6O2S2/c17-7(13-9-15-11-5-19-9)3-1-2-4-8(18)14-10-16-12-6-20-10/h5-6H,1-4H2,(H,13,15,17)(H,14,16,18). The molecule has 0 saturated heterocycles. The van der Waals surface area contributed by atoms with Crippen LogP contribution in [0.3, 0.4) is 0 Å². The first-order chi connectivity index (χ1) is 9.74. The lowest BCUT2D eigenvalue weighted by molar-refractivity contribution is -0.118. The highest BCUT2D eigenvalue weighted by Crippen LogP contribution is 2.11. The number of carbonyl (C=O) groups is 2. The van der Waals surface area contributed by atoms with E-state index in [-0.39, 0.29) is 11.8 Å². The Morgan fingerprint density at radius 1 is 0.900 bits per heavy atom. The third-order valence-electron chi connectivity index (χ3n) is 2.27. The number of hydrogen-bond acceptors (Lipinski definition) is 8. The molecule has 0 fully saturated rings. The quantitative estimate of drug-likeness (QED) is 0.750. The second-order valence-corrected chi connectivity index (χ2v) is 5.46. The van der Waals surface area contributed by atoms with Gasteiger partial charge in [0.25, 0.3) is 0 Å². The highest BCUT2D eigenvalue weighted by Gasteiger charge is 2.07. The summed E-state index contributed by atoms with van der Waals surface area (Å²) in [6, 6.07) is 0. The van der Waals surface area contributed by atoms with E-state index in [0.717, 1.165) is 0 Å². The Bertz CT molecular complexity index is 492. The first-order valence-corrected chi connectivity index (χ1v) is 7.62. The van der Waals surface area contributed by atoms with Crippen LogP contribution in [0.4, 0.5) is 10.3 Å². The van der Waals surface area contributed by atoms with Crippen LogP contribution in [-0.4, -0.2) is 32.2 Å². The number of hydrogen-bond donors (Lipinski definition) is 2. The maximum atomic E-state index is 11.5. The van der Waals surface area contributed by atoms with Gasteiger partial charge in [0, 0.05) is 12.8 Å². The lowest BCUT2D eigenvalue weighted by Crippen LogP contribution is -2.13. The Kier molecular flexibility index (Phi) is 5.50. The molecule has 2 amide bonds. The van der Waals surface area contributed by atoms with Crippen molar-refractivity contribution < 1.29 is 9.59 Å². The molecule has 0 aliphatic carbocycles. The van der Waals surface area contributed by atoms with Crippen molar-refractivity contribution >= 4 is 44.8 Å². The normalized spacial score (nSPS) is 10.2. The highest BCUT2D eigenvalue weighted by atomic mass is 32.1. The Morgan fingerprint density at radius 2 is 1.35 bits per heavy atom. The lowest BCUT2D eigenvalue weighted by atomic mass is 10.2. The SMILES string of the molecule is O=C(CCCCC(=O)Nc1nncs1)Nc1nncs1. The van der Waals surface area contributed by atoms with E-state index in [1.165, 1.54) is 22.7 Å². The molecule has 0 bridgehead atoms. The molecule has 2 N–H and O–H groups in total. The first kappa shape index (κ1) is 14.5.